The fraction of sp³-hybridized carbons (Fsp3) is 0.286. The number of hydrogen-bond donors (Lipinski definition) is 0. The maximum atomic E-state index is 12.3. The number of benzene rings is 1. The lowest BCUT2D eigenvalue weighted by Gasteiger charge is -2.21. The minimum absolute atomic E-state index is 0.0244. The number of fused-ring (bicyclic) bond motifs is 1. The third kappa shape index (κ3) is 1.53. The molecule has 1 aromatic rings. The van der Waals surface area contributed by atoms with Gasteiger partial charge in [0, 0.05) is 11.1 Å². The van der Waals surface area contributed by atoms with Gasteiger partial charge in [-0.15, -0.1) is 0 Å². The van der Waals surface area contributed by atoms with Crippen molar-refractivity contribution in [3.63, 3.8) is 0 Å². The van der Waals surface area contributed by atoms with E-state index in [2.05, 4.69) is 0 Å². The molecule has 4 nitrogen and oxygen atoms in total. The summed E-state index contributed by atoms with van der Waals surface area (Å²) < 4.78 is 10.0. The molecular formula is C14H14O4. The lowest BCUT2D eigenvalue weighted by molar-refractivity contribution is 0.0828. The summed E-state index contributed by atoms with van der Waals surface area (Å²) in [6.07, 6.45) is 0. The van der Waals surface area contributed by atoms with Crippen LogP contribution in [0.2, 0.25) is 0 Å². The van der Waals surface area contributed by atoms with E-state index in [0.29, 0.717) is 11.1 Å². The molecule has 4 heteroatoms. The number of carbonyl (C=O) groups is 2. The summed E-state index contributed by atoms with van der Waals surface area (Å²) >= 11 is 0. The van der Waals surface area contributed by atoms with Gasteiger partial charge in [-0.25, -0.2) is 0 Å². The van der Waals surface area contributed by atoms with Crippen LogP contribution in [0.5, 0.6) is 0 Å². The predicted octanol–water partition coefficient (Wildman–Crippen LogP) is 2.19. The molecule has 94 valence electrons. The van der Waals surface area contributed by atoms with Crippen molar-refractivity contribution < 1.29 is 19.1 Å². The third-order valence-corrected chi connectivity index (χ3v) is 3.10. The number of Topliss-reactive ketones (excluding diaryl/α,β-unsaturated/α-hetero) is 2. The van der Waals surface area contributed by atoms with Gasteiger partial charge >= 0.3 is 0 Å². The summed E-state index contributed by atoms with van der Waals surface area (Å²) in [5.74, 6) is -0.650. The zero-order chi connectivity index (χ0) is 13.4. The molecule has 0 saturated carbocycles. The third-order valence-electron chi connectivity index (χ3n) is 3.10. The smallest absolute Gasteiger partial charge is 0.232 e. The molecule has 0 aromatic heterocycles. The van der Waals surface area contributed by atoms with Gasteiger partial charge in [0.1, 0.15) is 0 Å². The maximum Gasteiger partial charge on any atom is 0.232 e. The summed E-state index contributed by atoms with van der Waals surface area (Å²) in [6, 6.07) is 3.65. The summed E-state index contributed by atoms with van der Waals surface area (Å²) in [4.78, 5) is 24.6. The van der Waals surface area contributed by atoms with E-state index < -0.39 is 0 Å². The van der Waals surface area contributed by atoms with E-state index in [0.717, 1.165) is 11.1 Å². The second kappa shape index (κ2) is 4.29. The fourth-order valence-corrected chi connectivity index (χ4v) is 2.20. The second-order valence-corrected chi connectivity index (χ2v) is 4.17. The van der Waals surface area contributed by atoms with Crippen molar-refractivity contribution in [2.45, 2.75) is 13.8 Å². The van der Waals surface area contributed by atoms with Crippen LogP contribution in [0, 0.1) is 13.8 Å². The molecule has 0 aliphatic heterocycles. The minimum atomic E-state index is -0.301. The average Bonchev–Trinajstić information content (AvgIpc) is 2.35. The molecule has 1 aromatic carbocycles. The Morgan fingerprint density at radius 2 is 1.11 bits per heavy atom. The van der Waals surface area contributed by atoms with E-state index in [1.165, 1.54) is 14.2 Å². The van der Waals surface area contributed by atoms with E-state index in [1.54, 1.807) is 13.8 Å². The number of allylic oxidation sites excluding steroid dienone is 2. The SMILES string of the molecule is COC1=C(OC)C(=O)c2c(C)ccc(C)c2C1=O. The van der Waals surface area contributed by atoms with Gasteiger partial charge in [0.2, 0.25) is 23.1 Å². The van der Waals surface area contributed by atoms with Gasteiger partial charge in [0.05, 0.1) is 14.2 Å². The number of hydrogen-bond acceptors (Lipinski definition) is 4. The van der Waals surface area contributed by atoms with Crippen LogP contribution in [0.15, 0.2) is 23.7 Å². The first-order valence-corrected chi connectivity index (χ1v) is 5.54. The van der Waals surface area contributed by atoms with Crippen LogP contribution in [0.25, 0.3) is 0 Å². The van der Waals surface area contributed by atoms with Crippen LogP contribution < -0.4 is 0 Å². The molecule has 0 radical (unpaired) electrons. The highest BCUT2D eigenvalue weighted by Gasteiger charge is 2.36. The van der Waals surface area contributed by atoms with Crippen LogP contribution in [0.1, 0.15) is 31.8 Å². The predicted molar refractivity (Wildman–Crippen MR) is 65.6 cm³/mol. The van der Waals surface area contributed by atoms with Crippen LogP contribution in [0.3, 0.4) is 0 Å². The molecule has 0 N–H and O–H groups in total. The molecule has 0 fully saturated rings. The van der Waals surface area contributed by atoms with Gasteiger partial charge < -0.3 is 9.47 Å². The Balaban J connectivity index is 2.80. The van der Waals surface area contributed by atoms with Crippen molar-refractivity contribution in [2.24, 2.45) is 0 Å². The molecule has 0 heterocycles. The molecule has 0 amide bonds. The molecule has 0 spiro atoms. The van der Waals surface area contributed by atoms with Crippen LogP contribution >= 0.6 is 0 Å². The van der Waals surface area contributed by atoms with Gasteiger partial charge in [-0.3, -0.25) is 9.59 Å². The average molecular weight is 246 g/mol. The number of ether oxygens (including phenoxy) is 2. The van der Waals surface area contributed by atoms with Crippen molar-refractivity contribution >= 4 is 11.6 Å². The first-order chi connectivity index (χ1) is 8.52. The van der Waals surface area contributed by atoms with E-state index in [1.807, 2.05) is 12.1 Å². The highest BCUT2D eigenvalue weighted by molar-refractivity contribution is 6.26. The Morgan fingerprint density at radius 3 is 1.39 bits per heavy atom. The normalized spacial score (nSPS) is 14.7. The lowest BCUT2D eigenvalue weighted by Crippen LogP contribution is -2.26. The first-order valence-electron chi connectivity index (χ1n) is 5.54. The molecular weight excluding hydrogens is 232 g/mol. The number of methoxy groups -OCH3 is 2. The molecule has 2 rings (SSSR count). The van der Waals surface area contributed by atoms with Crippen molar-refractivity contribution in [2.75, 3.05) is 14.2 Å². The highest BCUT2D eigenvalue weighted by atomic mass is 16.5. The Bertz CT molecular complexity index is 531. The van der Waals surface area contributed by atoms with Crippen LogP contribution in [-0.4, -0.2) is 25.8 Å². The maximum absolute atomic E-state index is 12.3. The highest BCUT2D eigenvalue weighted by Crippen LogP contribution is 2.31. The molecule has 0 unspecified atom stereocenters. The Kier molecular flexibility index (Phi) is 2.95. The summed E-state index contributed by atoms with van der Waals surface area (Å²) in [5, 5.41) is 0. The molecule has 1 aliphatic carbocycles. The molecule has 1 aliphatic rings. The van der Waals surface area contributed by atoms with E-state index in [9.17, 15) is 9.59 Å². The first kappa shape index (κ1) is 12.4. The minimum Gasteiger partial charge on any atom is -0.489 e. The molecule has 0 saturated heterocycles. The number of aryl methyl sites for hydroxylation is 2. The number of carbonyl (C=O) groups excluding carboxylic acids is 2. The lowest BCUT2D eigenvalue weighted by atomic mass is 9.86. The van der Waals surface area contributed by atoms with Crippen molar-refractivity contribution in [1.82, 2.24) is 0 Å². The van der Waals surface area contributed by atoms with Crippen molar-refractivity contribution in [1.29, 1.82) is 0 Å². The van der Waals surface area contributed by atoms with E-state index >= 15 is 0 Å². The number of rotatable bonds is 2. The summed E-state index contributed by atoms with van der Waals surface area (Å²) in [6.45, 7) is 3.60. The topological polar surface area (TPSA) is 52.6 Å². The zero-order valence-electron chi connectivity index (χ0n) is 10.8. The molecule has 0 bridgehead atoms. The molecule has 0 atom stereocenters. The summed E-state index contributed by atoms with van der Waals surface area (Å²) in [7, 11) is 2.71. The zero-order valence-corrected chi connectivity index (χ0v) is 10.8. The largest absolute Gasteiger partial charge is 0.489 e. The Hall–Kier alpha value is -2.10. The van der Waals surface area contributed by atoms with E-state index in [-0.39, 0.29) is 23.1 Å². The Labute approximate surface area is 105 Å². The number of ketones is 2. The van der Waals surface area contributed by atoms with Gasteiger partial charge in [0.15, 0.2) is 0 Å². The quantitative estimate of drug-likeness (QED) is 0.802. The van der Waals surface area contributed by atoms with Gasteiger partial charge in [-0.2, -0.15) is 0 Å². The van der Waals surface area contributed by atoms with E-state index in [4.69, 9.17) is 9.47 Å². The monoisotopic (exact) mass is 246 g/mol. The van der Waals surface area contributed by atoms with Gasteiger partial charge in [-0.1, -0.05) is 12.1 Å². The van der Waals surface area contributed by atoms with Crippen LogP contribution in [-0.2, 0) is 9.47 Å². The fourth-order valence-electron chi connectivity index (χ4n) is 2.20. The van der Waals surface area contributed by atoms with Crippen molar-refractivity contribution in [3.05, 3.63) is 45.9 Å². The van der Waals surface area contributed by atoms with Gasteiger partial charge in [0.25, 0.3) is 0 Å². The van der Waals surface area contributed by atoms with Gasteiger partial charge in [-0.05, 0) is 25.0 Å². The van der Waals surface area contributed by atoms with Crippen LogP contribution in [0.4, 0.5) is 0 Å². The second-order valence-electron chi connectivity index (χ2n) is 4.17. The standard InChI is InChI=1S/C14H14O4/c1-7-5-6-8(2)10-9(7)11(15)13(17-3)14(18-4)12(10)16/h5-6H,1-4H3. The Morgan fingerprint density at radius 1 is 0.778 bits per heavy atom. The van der Waals surface area contributed by atoms with Crippen molar-refractivity contribution in [3.8, 4) is 0 Å². The summed E-state index contributed by atoms with van der Waals surface area (Å²) in [5.41, 5.74) is 2.35. The molecule has 18 heavy (non-hydrogen) atoms.